The van der Waals surface area contributed by atoms with E-state index in [1.54, 1.807) is 6.07 Å². The number of hydrogen-bond acceptors (Lipinski definition) is 1. The largest absolute Gasteiger partial charge is 0.508 e. The van der Waals surface area contributed by atoms with Crippen LogP contribution < -0.4 is 0 Å². The Balaban J connectivity index is 2.17. The molecule has 0 saturated carbocycles. The third-order valence-corrected chi connectivity index (χ3v) is 4.37. The lowest BCUT2D eigenvalue weighted by molar-refractivity contribution is 0.311. The summed E-state index contributed by atoms with van der Waals surface area (Å²) in [4.78, 5) is 0. The molecule has 0 spiro atoms. The summed E-state index contributed by atoms with van der Waals surface area (Å²) in [6.45, 7) is 6.91. The van der Waals surface area contributed by atoms with E-state index < -0.39 is 0 Å². The van der Waals surface area contributed by atoms with Crippen LogP contribution in [0.25, 0.3) is 0 Å². The Morgan fingerprint density at radius 1 is 0.857 bits per heavy atom. The van der Waals surface area contributed by atoms with Crippen LogP contribution in [0.4, 0.5) is 0 Å². The first-order valence-corrected chi connectivity index (χ1v) is 8.82. The molecule has 0 heterocycles. The first-order valence-electron chi connectivity index (χ1n) is 8.82. The third kappa shape index (κ3) is 8.14. The highest BCUT2D eigenvalue weighted by atomic mass is 16.3. The van der Waals surface area contributed by atoms with Gasteiger partial charge in [0.25, 0.3) is 0 Å². The van der Waals surface area contributed by atoms with Gasteiger partial charge in [-0.3, -0.25) is 0 Å². The van der Waals surface area contributed by atoms with Crippen molar-refractivity contribution in [3.63, 3.8) is 0 Å². The number of aromatic hydroxyl groups is 1. The summed E-state index contributed by atoms with van der Waals surface area (Å²) in [6, 6.07) is 7.75. The molecule has 0 bridgehead atoms. The minimum Gasteiger partial charge on any atom is -0.508 e. The molecule has 0 fully saturated rings. The highest BCUT2D eigenvalue weighted by molar-refractivity contribution is 5.32. The minimum absolute atomic E-state index is 0.279. The van der Waals surface area contributed by atoms with E-state index in [2.05, 4.69) is 20.8 Å². The maximum absolute atomic E-state index is 9.89. The van der Waals surface area contributed by atoms with Crippen LogP contribution in [0.3, 0.4) is 0 Å². The zero-order valence-corrected chi connectivity index (χ0v) is 14.3. The Kier molecular flexibility index (Phi) is 8.49. The van der Waals surface area contributed by atoms with Gasteiger partial charge in [-0.2, -0.15) is 0 Å². The van der Waals surface area contributed by atoms with Gasteiger partial charge in [0.2, 0.25) is 0 Å². The Morgan fingerprint density at radius 3 is 2.05 bits per heavy atom. The standard InChI is InChI=1S/C20H34O/c1-4-5-6-7-8-9-10-13-16-20(2,3)17-18-14-11-12-15-19(18)21/h11-12,14-15,21H,4-10,13,16-17H2,1-3H3. The fraction of sp³-hybridized carbons (Fsp3) is 0.700. The molecule has 0 amide bonds. The molecule has 0 radical (unpaired) electrons. The second-order valence-corrected chi connectivity index (χ2v) is 7.19. The topological polar surface area (TPSA) is 20.2 Å². The van der Waals surface area contributed by atoms with E-state index in [1.807, 2.05) is 18.2 Å². The number of phenolic OH excluding ortho intramolecular Hbond substituents is 1. The van der Waals surface area contributed by atoms with Crippen LogP contribution in [0.15, 0.2) is 24.3 Å². The van der Waals surface area contributed by atoms with E-state index >= 15 is 0 Å². The van der Waals surface area contributed by atoms with Crippen molar-refractivity contribution in [1.82, 2.24) is 0 Å². The summed E-state index contributed by atoms with van der Waals surface area (Å²) in [7, 11) is 0. The van der Waals surface area contributed by atoms with Crippen LogP contribution in [0.5, 0.6) is 5.75 Å². The van der Waals surface area contributed by atoms with Crippen LogP contribution >= 0.6 is 0 Å². The maximum Gasteiger partial charge on any atom is 0.118 e. The Hall–Kier alpha value is -0.980. The quantitative estimate of drug-likeness (QED) is 0.462. The smallest absolute Gasteiger partial charge is 0.118 e. The number of hydrogen-bond donors (Lipinski definition) is 1. The van der Waals surface area contributed by atoms with E-state index in [0.29, 0.717) is 5.75 Å². The lowest BCUT2D eigenvalue weighted by Crippen LogP contribution is -2.15. The minimum atomic E-state index is 0.279. The van der Waals surface area contributed by atoms with Crippen molar-refractivity contribution in [2.75, 3.05) is 0 Å². The van der Waals surface area contributed by atoms with Crippen LogP contribution in [0.1, 0.15) is 84.1 Å². The number of unbranched alkanes of at least 4 members (excludes halogenated alkanes) is 7. The summed E-state index contributed by atoms with van der Waals surface area (Å²) in [5.41, 5.74) is 1.36. The zero-order valence-electron chi connectivity index (χ0n) is 14.3. The van der Waals surface area contributed by atoms with Crippen molar-refractivity contribution in [3.8, 4) is 5.75 Å². The highest BCUT2D eigenvalue weighted by Crippen LogP contribution is 2.31. The molecule has 0 aromatic heterocycles. The molecule has 1 rings (SSSR count). The summed E-state index contributed by atoms with van der Waals surface area (Å²) in [5.74, 6) is 0.446. The first-order chi connectivity index (χ1) is 10.0. The Bertz CT molecular complexity index is 381. The van der Waals surface area contributed by atoms with E-state index in [1.165, 1.54) is 57.8 Å². The average Bonchev–Trinajstić information content (AvgIpc) is 2.44. The van der Waals surface area contributed by atoms with Crippen molar-refractivity contribution in [2.24, 2.45) is 5.41 Å². The maximum atomic E-state index is 9.89. The van der Waals surface area contributed by atoms with Gasteiger partial charge < -0.3 is 5.11 Å². The van der Waals surface area contributed by atoms with Gasteiger partial charge >= 0.3 is 0 Å². The second-order valence-electron chi connectivity index (χ2n) is 7.19. The molecule has 0 unspecified atom stereocenters. The lowest BCUT2D eigenvalue weighted by atomic mass is 9.81. The van der Waals surface area contributed by atoms with Crippen molar-refractivity contribution in [1.29, 1.82) is 0 Å². The Morgan fingerprint density at radius 2 is 1.43 bits per heavy atom. The predicted molar refractivity (Wildman–Crippen MR) is 92.8 cm³/mol. The van der Waals surface area contributed by atoms with Gasteiger partial charge in [-0.05, 0) is 29.9 Å². The van der Waals surface area contributed by atoms with Crippen LogP contribution in [0.2, 0.25) is 0 Å². The van der Waals surface area contributed by atoms with Crippen LogP contribution in [-0.2, 0) is 6.42 Å². The van der Waals surface area contributed by atoms with Gasteiger partial charge in [-0.15, -0.1) is 0 Å². The van der Waals surface area contributed by atoms with Gasteiger partial charge in [0.1, 0.15) is 5.75 Å². The predicted octanol–water partition coefficient (Wildman–Crippen LogP) is 6.49. The zero-order chi connectivity index (χ0) is 15.6. The number of phenols is 1. The van der Waals surface area contributed by atoms with E-state index in [-0.39, 0.29) is 5.41 Å². The molecule has 1 aromatic rings. The number of rotatable bonds is 11. The van der Waals surface area contributed by atoms with Crippen LogP contribution in [0, 0.1) is 5.41 Å². The van der Waals surface area contributed by atoms with Crippen molar-refractivity contribution in [3.05, 3.63) is 29.8 Å². The van der Waals surface area contributed by atoms with Crippen molar-refractivity contribution < 1.29 is 5.11 Å². The SMILES string of the molecule is CCCCCCCCCCC(C)(C)Cc1ccccc1O. The monoisotopic (exact) mass is 290 g/mol. The molecule has 21 heavy (non-hydrogen) atoms. The van der Waals surface area contributed by atoms with Crippen molar-refractivity contribution in [2.45, 2.75) is 85.0 Å². The normalized spacial score (nSPS) is 11.8. The molecule has 1 N–H and O–H groups in total. The number of benzene rings is 1. The summed E-state index contributed by atoms with van der Waals surface area (Å²) >= 11 is 0. The Labute approximate surface area is 131 Å². The van der Waals surface area contributed by atoms with Crippen LogP contribution in [-0.4, -0.2) is 5.11 Å². The van der Waals surface area contributed by atoms with E-state index in [9.17, 15) is 5.11 Å². The number of para-hydroxylation sites is 1. The van der Waals surface area contributed by atoms with Gasteiger partial charge in [-0.1, -0.05) is 90.3 Å². The van der Waals surface area contributed by atoms with E-state index in [4.69, 9.17) is 0 Å². The summed E-state index contributed by atoms with van der Waals surface area (Å²) in [5, 5.41) is 9.89. The summed E-state index contributed by atoms with van der Waals surface area (Å²) < 4.78 is 0. The van der Waals surface area contributed by atoms with Gasteiger partial charge in [0.05, 0.1) is 0 Å². The summed E-state index contributed by atoms with van der Waals surface area (Å²) in [6.07, 6.45) is 13.2. The third-order valence-electron chi connectivity index (χ3n) is 4.37. The molecular formula is C20H34O. The highest BCUT2D eigenvalue weighted by Gasteiger charge is 2.19. The molecule has 1 aromatic carbocycles. The van der Waals surface area contributed by atoms with E-state index in [0.717, 1.165) is 12.0 Å². The van der Waals surface area contributed by atoms with Crippen molar-refractivity contribution >= 4 is 0 Å². The molecule has 1 heteroatoms. The van der Waals surface area contributed by atoms with Gasteiger partial charge in [0, 0.05) is 0 Å². The first kappa shape index (κ1) is 18.1. The molecule has 0 aliphatic rings. The van der Waals surface area contributed by atoms with Gasteiger partial charge in [-0.25, -0.2) is 0 Å². The van der Waals surface area contributed by atoms with Gasteiger partial charge in [0.15, 0.2) is 0 Å². The molecule has 0 atom stereocenters. The molecular weight excluding hydrogens is 256 g/mol. The fourth-order valence-electron chi connectivity index (χ4n) is 3.00. The fourth-order valence-corrected chi connectivity index (χ4v) is 3.00. The lowest BCUT2D eigenvalue weighted by Gasteiger charge is -2.25. The second kappa shape index (κ2) is 9.87. The molecule has 0 aliphatic carbocycles. The molecule has 0 aliphatic heterocycles. The molecule has 1 nitrogen and oxygen atoms in total. The molecule has 120 valence electrons. The average molecular weight is 290 g/mol. The molecule has 0 saturated heterocycles.